The first-order valence-electron chi connectivity index (χ1n) is 5.38. The van der Waals surface area contributed by atoms with E-state index < -0.39 is 5.82 Å². The summed E-state index contributed by atoms with van der Waals surface area (Å²) in [6, 6.07) is 10.3. The lowest BCUT2D eigenvalue weighted by atomic mass is 10.1. The molecule has 0 bridgehead atoms. The molecule has 3 rings (SSSR count). The average molecular weight is 245 g/mol. The molecule has 3 aromatic rings. The van der Waals surface area contributed by atoms with Crippen LogP contribution in [0.1, 0.15) is 0 Å². The van der Waals surface area contributed by atoms with E-state index in [1.807, 2.05) is 0 Å². The lowest BCUT2D eigenvalue weighted by molar-refractivity contribution is 0.615. The fraction of sp³-hybridized carbons (Fsp3) is 0. The van der Waals surface area contributed by atoms with Gasteiger partial charge in [-0.15, -0.1) is 0 Å². The Morgan fingerprint density at radius 1 is 0.944 bits per heavy atom. The maximum atomic E-state index is 13.4. The minimum Gasteiger partial charge on any atom is -0.456 e. The molecule has 0 amide bonds. The van der Waals surface area contributed by atoms with Gasteiger partial charge in [-0.25, -0.2) is 8.78 Å². The van der Waals surface area contributed by atoms with Crippen LogP contribution < -0.4 is 5.73 Å². The van der Waals surface area contributed by atoms with Crippen LogP contribution >= 0.6 is 0 Å². The van der Waals surface area contributed by atoms with Crippen LogP contribution in [0.3, 0.4) is 0 Å². The topological polar surface area (TPSA) is 39.2 Å². The molecule has 1 aromatic heterocycles. The molecule has 90 valence electrons. The van der Waals surface area contributed by atoms with Gasteiger partial charge in [0.1, 0.15) is 23.0 Å². The number of hydrogen-bond acceptors (Lipinski definition) is 2. The Bertz CT molecular complexity index is 734. The number of nitrogen functional groups attached to an aromatic ring is 1. The third-order valence-electron chi connectivity index (χ3n) is 2.76. The summed E-state index contributed by atoms with van der Waals surface area (Å²) in [5.74, 6) is -0.355. The quantitative estimate of drug-likeness (QED) is 0.659. The molecule has 2 nitrogen and oxygen atoms in total. The summed E-state index contributed by atoms with van der Waals surface area (Å²) in [7, 11) is 0. The second kappa shape index (κ2) is 3.84. The van der Waals surface area contributed by atoms with Crippen LogP contribution in [-0.2, 0) is 0 Å². The minimum atomic E-state index is -0.501. The molecule has 0 saturated carbocycles. The first-order valence-corrected chi connectivity index (χ1v) is 5.38. The molecule has 4 heteroatoms. The Morgan fingerprint density at radius 3 is 2.56 bits per heavy atom. The van der Waals surface area contributed by atoms with E-state index in [0.717, 1.165) is 0 Å². The number of hydrogen-bond donors (Lipinski definition) is 1. The monoisotopic (exact) mass is 245 g/mol. The Hall–Kier alpha value is -2.36. The Kier molecular flexibility index (Phi) is 2.30. The third kappa shape index (κ3) is 1.72. The van der Waals surface area contributed by atoms with Crippen LogP contribution in [0.15, 0.2) is 46.9 Å². The number of furan rings is 1. The molecule has 0 atom stereocenters. The number of halogens is 2. The molecule has 0 fully saturated rings. The highest BCUT2D eigenvalue weighted by atomic mass is 19.1. The van der Waals surface area contributed by atoms with Gasteiger partial charge in [0.15, 0.2) is 0 Å². The van der Waals surface area contributed by atoms with Gasteiger partial charge in [-0.05, 0) is 42.5 Å². The van der Waals surface area contributed by atoms with E-state index in [0.29, 0.717) is 22.3 Å². The van der Waals surface area contributed by atoms with Crippen molar-refractivity contribution < 1.29 is 13.2 Å². The van der Waals surface area contributed by atoms with Crippen LogP contribution in [0.2, 0.25) is 0 Å². The molecule has 0 radical (unpaired) electrons. The standard InChI is InChI=1S/C14H9F2NO/c15-10-2-4-13-9(5-10)7-14(18-13)8-1-3-12(17)11(16)6-8/h1-7H,17H2. The lowest BCUT2D eigenvalue weighted by Crippen LogP contribution is -1.89. The molecule has 2 aromatic carbocycles. The lowest BCUT2D eigenvalue weighted by Gasteiger charge is -1.99. The highest BCUT2D eigenvalue weighted by molar-refractivity contribution is 5.83. The van der Waals surface area contributed by atoms with Crippen molar-refractivity contribution in [2.45, 2.75) is 0 Å². The molecule has 0 saturated heterocycles. The molecule has 0 unspecified atom stereocenters. The van der Waals surface area contributed by atoms with Gasteiger partial charge in [0.25, 0.3) is 0 Å². The Morgan fingerprint density at radius 2 is 1.78 bits per heavy atom. The van der Waals surface area contributed by atoms with E-state index in [1.54, 1.807) is 18.2 Å². The van der Waals surface area contributed by atoms with Crippen molar-refractivity contribution in [3.63, 3.8) is 0 Å². The normalized spacial score (nSPS) is 11.0. The number of anilines is 1. The van der Waals surface area contributed by atoms with Crippen molar-refractivity contribution in [2.24, 2.45) is 0 Å². The van der Waals surface area contributed by atoms with Gasteiger partial charge in [-0.3, -0.25) is 0 Å². The van der Waals surface area contributed by atoms with E-state index in [1.165, 1.54) is 24.3 Å². The molecule has 2 N–H and O–H groups in total. The van der Waals surface area contributed by atoms with Gasteiger partial charge >= 0.3 is 0 Å². The fourth-order valence-corrected chi connectivity index (χ4v) is 1.84. The van der Waals surface area contributed by atoms with Crippen molar-refractivity contribution in [2.75, 3.05) is 5.73 Å². The van der Waals surface area contributed by atoms with Crippen LogP contribution in [-0.4, -0.2) is 0 Å². The van der Waals surface area contributed by atoms with Gasteiger partial charge in [-0.2, -0.15) is 0 Å². The molecular formula is C14H9F2NO. The number of fused-ring (bicyclic) bond motifs is 1. The van der Waals surface area contributed by atoms with Gasteiger partial charge in [-0.1, -0.05) is 0 Å². The van der Waals surface area contributed by atoms with E-state index >= 15 is 0 Å². The Labute approximate surface area is 102 Å². The summed E-state index contributed by atoms with van der Waals surface area (Å²) in [4.78, 5) is 0. The predicted molar refractivity (Wildman–Crippen MR) is 66.0 cm³/mol. The summed E-state index contributed by atoms with van der Waals surface area (Å²) in [5, 5.41) is 0.641. The van der Waals surface area contributed by atoms with Crippen molar-refractivity contribution in [1.29, 1.82) is 0 Å². The van der Waals surface area contributed by atoms with Crippen LogP contribution in [0.5, 0.6) is 0 Å². The van der Waals surface area contributed by atoms with Gasteiger partial charge in [0.2, 0.25) is 0 Å². The van der Waals surface area contributed by atoms with E-state index in [9.17, 15) is 8.78 Å². The maximum absolute atomic E-state index is 13.4. The highest BCUT2D eigenvalue weighted by Crippen LogP contribution is 2.29. The smallest absolute Gasteiger partial charge is 0.146 e. The maximum Gasteiger partial charge on any atom is 0.146 e. The first kappa shape index (κ1) is 10.8. The predicted octanol–water partition coefficient (Wildman–Crippen LogP) is 3.96. The van der Waals surface area contributed by atoms with E-state index in [4.69, 9.17) is 10.2 Å². The first-order chi connectivity index (χ1) is 8.63. The van der Waals surface area contributed by atoms with Gasteiger partial charge < -0.3 is 10.2 Å². The van der Waals surface area contributed by atoms with Crippen molar-refractivity contribution in [3.8, 4) is 11.3 Å². The molecule has 0 aliphatic carbocycles. The fourth-order valence-electron chi connectivity index (χ4n) is 1.84. The molecule has 0 spiro atoms. The molecule has 1 heterocycles. The SMILES string of the molecule is Nc1ccc(-c2cc3cc(F)ccc3o2)cc1F. The van der Waals surface area contributed by atoms with E-state index in [2.05, 4.69) is 0 Å². The number of rotatable bonds is 1. The molecular weight excluding hydrogens is 236 g/mol. The molecule has 0 aliphatic heterocycles. The number of benzene rings is 2. The minimum absolute atomic E-state index is 0.0842. The zero-order valence-electron chi connectivity index (χ0n) is 9.28. The van der Waals surface area contributed by atoms with Crippen LogP contribution in [0, 0.1) is 11.6 Å². The average Bonchev–Trinajstić information content (AvgIpc) is 2.75. The molecule has 0 aliphatic rings. The Balaban J connectivity index is 2.16. The van der Waals surface area contributed by atoms with Crippen molar-refractivity contribution >= 4 is 16.7 Å². The van der Waals surface area contributed by atoms with Crippen molar-refractivity contribution in [3.05, 3.63) is 54.1 Å². The summed E-state index contributed by atoms with van der Waals surface area (Å²) in [6.45, 7) is 0. The molecule has 18 heavy (non-hydrogen) atoms. The third-order valence-corrected chi connectivity index (χ3v) is 2.76. The second-order valence-electron chi connectivity index (χ2n) is 4.03. The summed E-state index contributed by atoms with van der Waals surface area (Å²) in [5.41, 5.74) is 6.62. The second-order valence-corrected chi connectivity index (χ2v) is 4.03. The summed E-state index contributed by atoms with van der Waals surface area (Å²) >= 11 is 0. The van der Waals surface area contributed by atoms with Crippen molar-refractivity contribution in [1.82, 2.24) is 0 Å². The van der Waals surface area contributed by atoms with Gasteiger partial charge in [0.05, 0.1) is 5.69 Å². The zero-order valence-corrected chi connectivity index (χ0v) is 9.28. The highest BCUT2D eigenvalue weighted by Gasteiger charge is 2.09. The van der Waals surface area contributed by atoms with Crippen LogP contribution in [0.4, 0.5) is 14.5 Å². The summed E-state index contributed by atoms with van der Waals surface area (Å²) < 4.78 is 31.9. The largest absolute Gasteiger partial charge is 0.456 e. The van der Waals surface area contributed by atoms with E-state index in [-0.39, 0.29) is 11.5 Å². The van der Waals surface area contributed by atoms with Crippen LogP contribution in [0.25, 0.3) is 22.3 Å². The summed E-state index contributed by atoms with van der Waals surface area (Å²) in [6.07, 6.45) is 0. The van der Waals surface area contributed by atoms with Gasteiger partial charge in [0, 0.05) is 10.9 Å². The number of nitrogens with two attached hydrogens (primary N) is 1. The zero-order chi connectivity index (χ0) is 12.7.